The first kappa shape index (κ1) is 17.5. The molecule has 1 aliphatic carbocycles. The fourth-order valence-electron chi connectivity index (χ4n) is 2.37. The molecule has 0 aromatic heterocycles. The number of hydrogen-bond acceptors (Lipinski definition) is 2. The number of nitrogens with one attached hydrogen (secondary N) is 1. The predicted molar refractivity (Wildman–Crippen MR) is 87.9 cm³/mol. The van der Waals surface area contributed by atoms with Crippen LogP contribution in [-0.4, -0.2) is 11.9 Å². The van der Waals surface area contributed by atoms with Gasteiger partial charge in [0.25, 0.3) is 0 Å². The van der Waals surface area contributed by atoms with Crippen LogP contribution < -0.4 is 11.1 Å². The fourth-order valence-corrected chi connectivity index (χ4v) is 2.64. The van der Waals surface area contributed by atoms with E-state index in [1.165, 1.54) is 5.56 Å². The molecule has 1 aromatic rings. The fraction of sp³-hybridized carbons (Fsp3) is 0.533. The van der Waals surface area contributed by atoms with Crippen LogP contribution in [-0.2, 0) is 10.3 Å². The molecule has 2 atom stereocenters. The summed E-state index contributed by atoms with van der Waals surface area (Å²) in [5, 5.41) is 3.21. The van der Waals surface area contributed by atoms with Crippen LogP contribution in [0, 0.1) is 5.92 Å². The molecular formula is C15H22BrClN2O. The highest BCUT2D eigenvalue weighted by molar-refractivity contribution is 9.10. The van der Waals surface area contributed by atoms with E-state index in [9.17, 15) is 4.79 Å². The zero-order valence-electron chi connectivity index (χ0n) is 11.9. The third-order valence-electron chi connectivity index (χ3n) is 4.17. The number of halogens is 2. The molecule has 1 amide bonds. The quantitative estimate of drug-likeness (QED) is 0.864. The zero-order valence-corrected chi connectivity index (χ0v) is 14.3. The molecule has 5 heteroatoms. The smallest absolute Gasteiger partial charge is 0.225 e. The normalized spacial score (nSPS) is 19.2. The van der Waals surface area contributed by atoms with Crippen molar-refractivity contribution < 1.29 is 4.79 Å². The molecule has 3 nitrogen and oxygen atoms in total. The van der Waals surface area contributed by atoms with Crippen LogP contribution in [0.3, 0.4) is 0 Å². The molecule has 1 aliphatic rings. The van der Waals surface area contributed by atoms with Crippen LogP contribution >= 0.6 is 28.3 Å². The maximum absolute atomic E-state index is 12.2. The van der Waals surface area contributed by atoms with E-state index in [0.717, 1.165) is 23.7 Å². The van der Waals surface area contributed by atoms with Gasteiger partial charge in [0, 0.05) is 16.4 Å². The molecule has 1 fully saturated rings. The second-order valence-corrected chi connectivity index (χ2v) is 6.50. The lowest BCUT2D eigenvalue weighted by Crippen LogP contribution is -2.53. The molecule has 0 bridgehead atoms. The Labute approximate surface area is 135 Å². The first-order valence-electron chi connectivity index (χ1n) is 6.78. The average molecular weight is 362 g/mol. The summed E-state index contributed by atoms with van der Waals surface area (Å²) in [4.78, 5) is 12.2. The average Bonchev–Trinajstić information content (AvgIpc) is 2.33. The summed E-state index contributed by atoms with van der Waals surface area (Å²) in [5.41, 5.74) is 6.81. The van der Waals surface area contributed by atoms with Gasteiger partial charge in [-0.25, -0.2) is 0 Å². The van der Waals surface area contributed by atoms with Crippen molar-refractivity contribution >= 4 is 34.2 Å². The Hall–Kier alpha value is -0.580. The number of hydrogen-bond donors (Lipinski definition) is 2. The SMILES string of the molecule is CC(N)C(C)C(=O)NC1(c2ccc(Br)cc2)CCC1.Cl. The van der Waals surface area contributed by atoms with Gasteiger partial charge in [-0.1, -0.05) is 35.0 Å². The predicted octanol–water partition coefficient (Wildman–Crippen LogP) is 3.35. The molecule has 0 aliphatic heterocycles. The summed E-state index contributed by atoms with van der Waals surface area (Å²) in [5.74, 6) is -0.106. The first-order valence-corrected chi connectivity index (χ1v) is 7.57. The molecule has 2 unspecified atom stereocenters. The van der Waals surface area contributed by atoms with E-state index in [1.807, 2.05) is 26.0 Å². The number of rotatable bonds is 4. The maximum Gasteiger partial charge on any atom is 0.225 e. The van der Waals surface area contributed by atoms with Crippen LogP contribution in [0.4, 0.5) is 0 Å². The second-order valence-electron chi connectivity index (χ2n) is 5.58. The molecule has 1 saturated carbocycles. The topological polar surface area (TPSA) is 55.1 Å². The third kappa shape index (κ3) is 3.54. The molecule has 0 saturated heterocycles. The minimum Gasteiger partial charge on any atom is -0.346 e. The Bertz CT molecular complexity index is 457. The summed E-state index contributed by atoms with van der Waals surface area (Å²) in [6.07, 6.45) is 3.17. The minimum atomic E-state index is -0.180. The Balaban J connectivity index is 0.00000200. The van der Waals surface area contributed by atoms with Gasteiger partial charge in [0.05, 0.1) is 5.54 Å². The van der Waals surface area contributed by atoms with Gasteiger partial charge in [-0.2, -0.15) is 0 Å². The number of amides is 1. The lowest BCUT2D eigenvalue weighted by Gasteiger charge is -2.44. The maximum atomic E-state index is 12.2. The van der Waals surface area contributed by atoms with E-state index in [0.29, 0.717) is 0 Å². The molecule has 0 heterocycles. The van der Waals surface area contributed by atoms with Gasteiger partial charge in [0.2, 0.25) is 5.91 Å². The van der Waals surface area contributed by atoms with E-state index in [2.05, 4.69) is 33.4 Å². The number of nitrogens with two attached hydrogens (primary N) is 1. The largest absolute Gasteiger partial charge is 0.346 e. The summed E-state index contributed by atoms with van der Waals surface area (Å²) in [6, 6.07) is 8.09. The molecule has 20 heavy (non-hydrogen) atoms. The van der Waals surface area contributed by atoms with Gasteiger partial charge in [-0.3, -0.25) is 4.79 Å². The molecular weight excluding hydrogens is 340 g/mol. The lowest BCUT2D eigenvalue weighted by molar-refractivity contribution is -0.128. The van der Waals surface area contributed by atoms with Crippen molar-refractivity contribution in [3.8, 4) is 0 Å². The van der Waals surface area contributed by atoms with E-state index < -0.39 is 0 Å². The Morgan fingerprint density at radius 2 is 1.85 bits per heavy atom. The van der Waals surface area contributed by atoms with Crippen LogP contribution in [0.1, 0.15) is 38.7 Å². The highest BCUT2D eigenvalue weighted by Crippen LogP contribution is 2.41. The van der Waals surface area contributed by atoms with Crippen molar-refractivity contribution in [2.75, 3.05) is 0 Å². The Morgan fingerprint density at radius 3 is 2.25 bits per heavy atom. The number of benzene rings is 1. The number of carbonyl (C=O) groups is 1. The number of carbonyl (C=O) groups excluding carboxylic acids is 1. The molecule has 2 rings (SSSR count). The molecule has 0 radical (unpaired) electrons. The van der Waals surface area contributed by atoms with Crippen LogP contribution in [0.2, 0.25) is 0 Å². The summed E-state index contributed by atoms with van der Waals surface area (Å²) in [7, 11) is 0. The van der Waals surface area contributed by atoms with Crippen LogP contribution in [0.25, 0.3) is 0 Å². The molecule has 112 valence electrons. The minimum absolute atomic E-state index is 0. The second kappa shape index (κ2) is 6.92. The summed E-state index contributed by atoms with van der Waals surface area (Å²) >= 11 is 3.44. The van der Waals surface area contributed by atoms with Crippen LogP contribution in [0.15, 0.2) is 28.7 Å². The molecule has 1 aromatic carbocycles. The van der Waals surface area contributed by atoms with E-state index in [4.69, 9.17) is 5.73 Å². The highest BCUT2D eigenvalue weighted by Gasteiger charge is 2.40. The van der Waals surface area contributed by atoms with Gasteiger partial charge in [0.1, 0.15) is 0 Å². The van der Waals surface area contributed by atoms with E-state index in [1.54, 1.807) is 0 Å². The Kier molecular flexibility index (Phi) is 6.05. The van der Waals surface area contributed by atoms with Gasteiger partial charge >= 0.3 is 0 Å². The van der Waals surface area contributed by atoms with Crippen molar-refractivity contribution in [1.29, 1.82) is 0 Å². The van der Waals surface area contributed by atoms with Gasteiger partial charge in [-0.15, -0.1) is 12.4 Å². The van der Waals surface area contributed by atoms with Crippen molar-refractivity contribution in [3.63, 3.8) is 0 Å². The Morgan fingerprint density at radius 1 is 1.30 bits per heavy atom. The van der Waals surface area contributed by atoms with Crippen LogP contribution in [0.5, 0.6) is 0 Å². The van der Waals surface area contributed by atoms with Gasteiger partial charge in [-0.05, 0) is 43.9 Å². The zero-order chi connectivity index (χ0) is 14.0. The standard InChI is InChI=1S/C15H21BrN2O.ClH/c1-10(11(2)17)14(19)18-15(8-3-9-15)12-4-6-13(16)7-5-12;/h4-7,10-11H,3,8-9,17H2,1-2H3,(H,18,19);1H. The van der Waals surface area contributed by atoms with Crippen molar-refractivity contribution in [2.24, 2.45) is 11.7 Å². The van der Waals surface area contributed by atoms with E-state index in [-0.39, 0.29) is 35.8 Å². The molecule has 3 N–H and O–H groups in total. The van der Waals surface area contributed by atoms with Crippen molar-refractivity contribution in [3.05, 3.63) is 34.3 Å². The van der Waals surface area contributed by atoms with Gasteiger partial charge < -0.3 is 11.1 Å². The third-order valence-corrected chi connectivity index (χ3v) is 4.70. The van der Waals surface area contributed by atoms with Crippen molar-refractivity contribution in [1.82, 2.24) is 5.32 Å². The van der Waals surface area contributed by atoms with Crippen molar-refractivity contribution in [2.45, 2.75) is 44.7 Å². The summed E-state index contributed by atoms with van der Waals surface area (Å²) < 4.78 is 1.06. The summed E-state index contributed by atoms with van der Waals surface area (Å²) in [6.45, 7) is 3.76. The highest BCUT2D eigenvalue weighted by atomic mass is 79.9. The van der Waals surface area contributed by atoms with E-state index >= 15 is 0 Å². The monoisotopic (exact) mass is 360 g/mol. The molecule has 0 spiro atoms. The first-order chi connectivity index (χ1) is 8.94. The lowest BCUT2D eigenvalue weighted by atomic mass is 9.71. The van der Waals surface area contributed by atoms with Gasteiger partial charge in [0.15, 0.2) is 0 Å².